The molecule has 0 bridgehead atoms. The molecule has 1 unspecified atom stereocenters. The van der Waals surface area contributed by atoms with Crippen LogP contribution in [0.1, 0.15) is 22.9 Å². The summed E-state index contributed by atoms with van der Waals surface area (Å²) >= 11 is 0. The molecule has 1 aromatic heterocycles. The first-order valence-corrected chi connectivity index (χ1v) is 22.5. The van der Waals surface area contributed by atoms with E-state index in [2.05, 4.69) is 266 Å². The summed E-state index contributed by atoms with van der Waals surface area (Å²) in [6.07, 6.45) is 1.85. The van der Waals surface area contributed by atoms with Gasteiger partial charge in [-0.1, -0.05) is 255 Å². The highest BCUT2D eigenvalue weighted by Gasteiger charge is 2.26. The van der Waals surface area contributed by atoms with Gasteiger partial charge in [0, 0.05) is 33.5 Å². The molecule has 0 radical (unpaired) electrons. The Morgan fingerprint density at radius 3 is 1.02 bits per heavy atom. The van der Waals surface area contributed by atoms with Gasteiger partial charge in [0.2, 0.25) is 0 Å². The van der Waals surface area contributed by atoms with Gasteiger partial charge in [-0.3, -0.25) is 4.99 Å². The number of aromatic nitrogens is 1. The fourth-order valence-electron chi connectivity index (χ4n) is 9.04. The van der Waals surface area contributed by atoms with Gasteiger partial charge in [0.15, 0.2) is 0 Å². The molecule has 0 amide bonds. The zero-order valence-electron chi connectivity index (χ0n) is 36.3. The van der Waals surface area contributed by atoms with Gasteiger partial charge in [-0.15, -0.1) is 0 Å². The Balaban J connectivity index is 1.06. The summed E-state index contributed by atoms with van der Waals surface area (Å²) in [5.41, 5.74) is 20.5. The molecule has 1 aliphatic rings. The number of hydrogen-bond donors (Lipinski definition) is 1. The predicted molar refractivity (Wildman–Crippen MR) is 276 cm³/mol. The monoisotopic (exact) mass is 843 g/mol. The topological polar surface area (TPSA) is 37.3 Å². The van der Waals surface area contributed by atoms with Crippen molar-refractivity contribution in [3.8, 4) is 78.1 Å². The van der Waals surface area contributed by atoms with Gasteiger partial charge < -0.3 is 5.32 Å². The van der Waals surface area contributed by atoms with Crippen LogP contribution in [0.5, 0.6) is 0 Å². The maximum atomic E-state index is 5.63. The molecular weight excluding hydrogens is 799 g/mol. The van der Waals surface area contributed by atoms with Crippen molar-refractivity contribution in [2.24, 2.45) is 4.99 Å². The normalized spacial score (nSPS) is 13.3. The first kappa shape index (κ1) is 40.1. The van der Waals surface area contributed by atoms with Gasteiger partial charge in [-0.05, 0) is 61.7 Å². The molecule has 66 heavy (non-hydrogen) atoms. The molecule has 11 rings (SSSR count). The smallest absolute Gasteiger partial charge is 0.145 e. The van der Waals surface area contributed by atoms with Gasteiger partial charge in [0.05, 0.1) is 17.1 Å². The molecule has 0 spiro atoms. The third-order valence-corrected chi connectivity index (χ3v) is 12.4. The van der Waals surface area contributed by atoms with E-state index in [1.54, 1.807) is 0 Å². The van der Waals surface area contributed by atoms with Crippen molar-refractivity contribution in [2.75, 3.05) is 0 Å². The molecule has 0 saturated carbocycles. The van der Waals surface area contributed by atoms with Gasteiger partial charge in [0.1, 0.15) is 6.17 Å². The van der Waals surface area contributed by atoms with E-state index in [1.807, 2.05) is 0 Å². The second-order valence-corrected chi connectivity index (χ2v) is 16.5. The lowest BCUT2D eigenvalue weighted by Crippen LogP contribution is -2.24. The van der Waals surface area contributed by atoms with Crippen LogP contribution in [-0.4, -0.2) is 10.7 Å². The summed E-state index contributed by atoms with van der Waals surface area (Å²) in [6.45, 7) is 0. The minimum atomic E-state index is -0.337. The standard InChI is InChI=1S/C63H45N3/c1-7-19-44(20-8-1)46-31-35-48(36-32-46)56-43-57(49-37-33-47(34-38-49)45-21-9-2-10-22-45)65-63(64-56)55-41-39-52(40-42-55)58-59(50-23-11-3-12-24-50)61(53-27-15-5-16-28-53)66-62(54-29-17-6-18-30-54)60(58)51-25-13-4-14-26-51/h1-43,63-64H. The second-order valence-electron chi connectivity index (χ2n) is 16.5. The molecule has 0 fully saturated rings. The highest BCUT2D eigenvalue weighted by molar-refractivity contribution is 6.13. The molecule has 312 valence electrons. The van der Waals surface area contributed by atoms with E-state index in [-0.39, 0.29) is 6.17 Å². The van der Waals surface area contributed by atoms with Crippen molar-refractivity contribution < 1.29 is 0 Å². The number of nitrogens with zero attached hydrogens (tertiary/aromatic N) is 2. The maximum absolute atomic E-state index is 5.63. The third-order valence-electron chi connectivity index (χ3n) is 12.4. The van der Waals surface area contributed by atoms with E-state index in [4.69, 9.17) is 9.98 Å². The summed E-state index contributed by atoms with van der Waals surface area (Å²) in [4.78, 5) is 11.1. The molecule has 1 atom stereocenters. The third kappa shape index (κ3) is 8.18. The SMILES string of the molecule is C1=C(c2ccc(-c3ccccc3)cc2)NC(c2ccc(-c3c(-c4ccccc4)c(-c4ccccc4)nc(-c4ccccc4)c3-c3ccccc3)cc2)N=C1c1ccc(-c2ccccc2)cc1. The number of hydrogen-bond acceptors (Lipinski definition) is 3. The quantitative estimate of drug-likeness (QED) is 0.149. The van der Waals surface area contributed by atoms with Crippen LogP contribution < -0.4 is 5.32 Å². The first-order valence-electron chi connectivity index (χ1n) is 22.5. The van der Waals surface area contributed by atoms with E-state index in [0.717, 1.165) is 84.0 Å². The second kappa shape index (κ2) is 18.2. The minimum absolute atomic E-state index is 0.337. The number of benzene rings is 9. The zero-order valence-corrected chi connectivity index (χ0v) is 36.3. The summed E-state index contributed by atoms with van der Waals surface area (Å²) in [7, 11) is 0. The Morgan fingerprint density at radius 1 is 0.273 bits per heavy atom. The molecule has 3 heteroatoms. The van der Waals surface area contributed by atoms with Crippen LogP contribution in [0, 0.1) is 0 Å². The van der Waals surface area contributed by atoms with Crippen LogP contribution in [-0.2, 0) is 0 Å². The highest BCUT2D eigenvalue weighted by Crippen LogP contribution is 2.48. The number of pyridine rings is 1. The molecule has 0 aliphatic carbocycles. The van der Waals surface area contributed by atoms with Crippen molar-refractivity contribution in [3.63, 3.8) is 0 Å². The fourth-order valence-corrected chi connectivity index (χ4v) is 9.04. The Hall–Kier alpha value is -8.66. The minimum Gasteiger partial charge on any atom is -0.360 e. The van der Waals surface area contributed by atoms with Crippen molar-refractivity contribution in [1.29, 1.82) is 0 Å². The molecule has 2 heterocycles. The lowest BCUT2D eigenvalue weighted by Gasteiger charge is -2.26. The lowest BCUT2D eigenvalue weighted by molar-refractivity contribution is 0.664. The summed E-state index contributed by atoms with van der Waals surface area (Å²) in [6, 6.07) is 90.2. The van der Waals surface area contributed by atoms with Crippen LogP contribution in [0.15, 0.2) is 266 Å². The van der Waals surface area contributed by atoms with Crippen LogP contribution in [0.3, 0.4) is 0 Å². The molecule has 9 aromatic carbocycles. The number of rotatable bonds is 10. The van der Waals surface area contributed by atoms with Gasteiger partial charge >= 0.3 is 0 Å². The average molecular weight is 844 g/mol. The largest absolute Gasteiger partial charge is 0.360 e. The molecule has 1 aliphatic heterocycles. The summed E-state index contributed by atoms with van der Waals surface area (Å²) in [5, 5.41) is 3.84. The number of nitrogens with one attached hydrogen (secondary N) is 1. The van der Waals surface area contributed by atoms with Crippen molar-refractivity contribution in [2.45, 2.75) is 6.17 Å². The van der Waals surface area contributed by atoms with Crippen LogP contribution >= 0.6 is 0 Å². The van der Waals surface area contributed by atoms with Gasteiger partial charge in [-0.25, -0.2) is 4.98 Å². The Kier molecular flexibility index (Phi) is 11.1. The van der Waals surface area contributed by atoms with Crippen LogP contribution in [0.2, 0.25) is 0 Å². The fraction of sp³-hybridized carbons (Fsp3) is 0.0159. The number of aliphatic imine (C=N–C) groups is 1. The van der Waals surface area contributed by atoms with E-state index in [1.165, 1.54) is 22.3 Å². The maximum Gasteiger partial charge on any atom is 0.145 e. The molecular formula is C63H45N3. The Morgan fingerprint density at radius 2 is 0.591 bits per heavy atom. The zero-order chi connectivity index (χ0) is 44.1. The molecule has 1 N–H and O–H groups in total. The predicted octanol–water partition coefficient (Wildman–Crippen LogP) is 15.9. The van der Waals surface area contributed by atoms with E-state index >= 15 is 0 Å². The van der Waals surface area contributed by atoms with E-state index in [9.17, 15) is 0 Å². The molecule has 10 aromatic rings. The summed E-state index contributed by atoms with van der Waals surface area (Å²) in [5.74, 6) is 0. The van der Waals surface area contributed by atoms with Crippen LogP contribution in [0.25, 0.3) is 83.8 Å². The van der Waals surface area contributed by atoms with Crippen molar-refractivity contribution >= 4 is 11.4 Å². The Labute approximate surface area is 386 Å². The molecule has 0 saturated heterocycles. The average Bonchev–Trinajstić information content (AvgIpc) is 3.42. The van der Waals surface area contributed by atoms with Gasteiger partial charge in [-0.2, -0.15) is 0 Å². The van der Waals surface area contributed by atoms with Crippen molar-refractivity contribution in [3.05, 3.63) is 278 Å². The lowest BCUT2D eigenvalue weighted by atomic mass is 9.83. The van der Waals surface area contributed by atoms with E-state index in [0.29, 0.717) is 0 Å². The Bertz CT molecular complexity index is 3190. The highest BCUT2D eigenvalue weighted by atomic mass is 15.1. The van der Waals surface area contributed by atoms with Crippen molar-refractivity contribution in [1.82, 2.24) is 10.3 Å². The van der Waals surface area contributed by atoms with E-state index < -0.39 is 0 Å². The first-order chi connectivity index (χ1) is 32.7. The van der Waals surface area contributed by atoms with Gasteiger partial charge in [0.25, 0.3) is 0 Å². The number of allylic oxidation sites excluding steroid dienone is 1. The van der Waals surface area contributed by atoms with Crippen LogP contribution in [0.4, 0.5) is 0 Å². The molecule has 3 nitrogen and oxygen atoms in total. The summed E-state index contributed by atoms with van der Waals surface area (Å²) < 4.78 is 0.